The molecular formula is C19H28FN3O4. The Bertz CT molecular complexity index is 681. The number of hydrogen-bond acceptors (Lipinski definition) is 5. The Balaban J connectivity index is 2.04. The molecule has 1 aliphatic rings. The van der Waals surface area contributed by atoms with Crippen molar-refractivity contribution >= 4 is 11.8 Å². The van der Waals surface area contributed by atoms with Crippen LogP contribution in [-0.4, -0.2) is 61.2 Å². The predicted octanol–water partition coefficient (Wildman–Crippen LogP) is 0.660. The lowest BCUT2D eigenvalue weighted by Gasteiger charge is -2.35. The Morgan fingerprint density at radius 1 is 1.48 bits per heavy atom. The largest absolute Gasteiger partial charge is 0.497 e. The first-order chi connectivity index (χ1) is 12.8. The highest BCUT2D eigenvalue weighted by Gasteiger charge is 2.32. The minimum Gasteiger partial charge on any atom is -0.497 e. The van der Waals surface area contributed by atoms with E-state index in [2.05, 4.69) is 10.6 Å². The van der Waals surface area contributed by atoms with Gasteiger partial charge in [-0.05, 0) is 6.07 Å². The van der Waals surface area contributed by atoms with Crippen molar-refractivity contribution < 1.29 is 23.8 Å². The average molecular weight is 381 g/mol. The summed E-state index contributed by atoms with van der Waals surface area (Å²) >= 11 is 0. The van der Waals surface area contributed by atoms with Crippen molar-refractivity contribution in [3.05, 3.63) is 29.6 Å². The molecule has 0 saturated carbocycles. The first-order valence-corrected chi connectivity index (χ1v) is 8.97. The zero-order valence-electron chi connectivity index (χ0n) is 16.0. The number of halogens is 1. The third-order valence-corrected chi connectivity index (χ3v) is 4.65. The van der Waals surface area contributed by atoms with Crippen molar-refractivity contribution in [1.29, 1.82) is 0 Å². The number of hydrogen-bond donors (Lipinski definition) is 3. The van der Waals surface area contributed by atoms with Gasteiger partial charge in [-0.1, -0.05) is 19.9 Å². The van der Waals surface area contributed by atoms with Gasteiger partial charge in [0.05, 0.1) is 19.6 Å². The van der Waals surface area contributed by atoms with Gasteiger partial charge in [-0.3, -0.25) is 14.5 Å². The van der Waals surface area contributed by atoms with Gasteiger partial charge in [0.25, 0.3) is 0 Å². The summed E-state index contributed by atoms with van der Waals surface area (Å²) in [7, 11) is 1.47. The summed E-state index contributed by atoms with van der Waals surface area (Å²) in [5.74, 6) is -0.506. The van der Waals surface area contributed by atoms with Crippen molar-refractivity contribution in [3.63, 3.8) is 0 Å². The highest BCUT2D eigenvalue weighted by molar-refractivity contribution is 5.88. The number of piperazine rings is 1. The van der Waals surface area contributed by atoms with Crippen molar-refractivity contribution in [2.75, 3.05) is 33.4 Å². The quantitative estimate of drug-likeness (QED) is 0.615. The van der Waals surface area contributed by atoms with Crippen LogP contribution in [0.15, 0.2) is 18.2 Å². The molecule has 1 heterocycles. The van der Waals surface area contributed by atoms with Gasteiger partial charge in [0.1, 0.15) is 11.6 Å². The van der Waals surface area contributed by atoms with Crippen molar-refractivity contribution in [1.82, 2.24) is 15.5 Å². The Hall–Kier alpha value is -2.19. The van der Waals surface area contributed by atoms with Crippen molar-refractivity contribution in [2.24, 2.45) is 5.41 Å². The van der Waals surface area contributed by atoms with Gasteiger partial charge in [0, 0.05) is 49.8 Å². The van der Waals surface area contributed by atoms with Crippen LogP contribution in [0.1, 0.15) is 25.8 Å². The molecule has 1 fully saturated rings. The number of carbonyl (C=O) groups excluding carboxylic acids is 2. The molecule has 7 nitrogen and oxygen atoms in total. The van der Waals surface area contributed by atoms with Gasteiger partial charge in [-0.15, -0.1) is 0 Å². The van der Waals surface area contributed by atoms with E-state index in [0.29, 0.717) is 30.9 Å². The summed E-state index contributed by atoms with van der Waals surface area (Å²) in [6.07, 6.45) is -0.0227. The summed E-state index contributed by atoms with van der Waals surface area (Å²) in [6.45, 7) is 5.12. The van der Waals surface area contributed by atoms with Crippen LogP contribution in [0.4, 0.5) is 4.39 Å². The lowest BCUT2D eigenvalue weighted by molar-refractivity contribution is -0.134. The summed E-state index contributed by atoms with van der Waals surface area (Å²) < 4.78 is 19.3. The highest BCUT2D eigenvalue weighted by Crippen LogP contribution is 2.20. The maximum atomic E-state index is 14.3. The summed E-state index contributed by atoms with van der Waals surface area (Å²) in [5.41, 5.74) is 0.00783. The molecule has 1 saturated heterocycles. The Labute approximate surface area is 158 Å². The van der Waals surface area contributed by atoms with E-state index < -0.39 is 17.3 Å². The lowest BCUT2D eigenvalue weighted by Crippen LogP contribution is -2.56. The maximum absolute atomic E-state index is 14.3. The smallest absolute Gasteiger partial charge is 0.237 e. The molecule has 2 amide bonds. The van der Waals surface area contributed by atoms with Crippen LogP contribution in [0.3, 0.4) is 0 Å². The number of methoxy groups -OCH3 is 1. The van der Waals surface area contributed by atoms with Crippen LogP contribution in [0.25, 0.3) is 0 Å². The van der Waals surface area contributed by atoms with Crippen LogP contribution < -0.4 is 15.4 Å². The number of carbonyl (C=O) groups is 2. The normalized spacial score (nSPS) is 18.1. The topological polar surface area (TPSA) is 90.9 Å². The SMILES string of the molecule is COc1ccc(CN2CCNC(=O)[C@@H]2CC(=O)NCC(C)(C)CO)c(F)c1. The molecule has 0 spiro atoms. The monoisotopic (exact) mass is 381 g/mol. The van der Waals surface area contributed by atoms with E-state index in [9.17, 15) is 19.1 Å². The zero-order valence-corrected chi connectivity index (χ0v) is 16.0. The van der Waals surface area contributed by atoms with E-state index in [0.717, 1.165) is 0 Å². The second-order valence-corrected chi connectivity index (χ2v) is 7.54. The molecule has 3 N–H and O–H groups in total. The van der Waals surface area contributed by atoms with Gasteiger partial charge in [0.2, 0.25) is 11.8 Å². The fraction of sp³-hybridized carbons (Fsp3) is 0.579. The first kappa shape index (κ1) is 21.1. The number of amides is 2. The molecule has 0 unspecified atom stereocenters. The first-order valence-electron chi connectivity index (χ1n) is 8.97. The van der Waals surface area contributed by atoms with E-state index in [-0.39, 0.29) is 31.4 Å². The lowest BCUT2D eigenvalue weighted by atomic mass is 9.95. The third-order valence-electron chi connectivity index (χ3n) is 4.65. The van der Waals surface area contributed by atoms with E-state index in [1.165, 1.54) is 13.2 Å². The van der Waals surface area contributed by atoms with Gasteiger partial charge in [-0.2, -0.15) is 0 Å². The summed E-state index contributed by atoms with van der Waals surface area (Å²) in [4.78, 5) is 26.4. The fourth-order valence-electron chi connectivity index (χ4n) is 2.82. The van der Waals surface area contributed by atoms with E-state index >= 15 is 0 Å². The number of nitrogens with one attached hydrogen (secondary N) is 2. The third kappa shape index (κ3) is 5.90. The summed E-state index contributed by atoms with van der Waals surface area (Å²) in [5, 5.41) is 14.8. The average Bonchev–Trinajstić information content (AvgIpc) is 2.64. The van der Waals surface area contributed by atoms with Gasteiger partial charge in [-0.25, -0.2) is 4.39 Å². The standard InChI is InChI=1S/C19H28FN3O4/c1-19(2,12-24)11-22-17(25)9-16-18(26)21-6-7-23(16)10-13-4-5-14(27-3)8-15(13)20/h4-5,8,16,24H,6-7,9-12H2,1-3H3,(H,21,26)(H,22,25)/t16-/m0/s1. The Kier molecular flexibility index (Phi) is 7.15. The van der Waals surface area contributed by atoms with Crippen molar-refractivity contribution in [3.8, 4) is 5.75 Å². The number of aliphatic hydroxyl groups excluding tert-OH is 1. The second-order valence-electron chi connectivity index (χ2n) is 7.54. The molecule has 0 radical (unpaired) electrons. The molecule has 27 heavy (non-hydrogen) atoms. The van der Waals surface area contributed by atoms with Gasteiger partial charge < -0.3 is 20.5 Å². The molecule has 1 atom stereocenters. The van der Waals surface area contributed by atoms with E-state index in [4.69, 9.17) is 4.74 Å². The number of ether oxygens (including phenoxy) is 1. The molecule has 0 bridgehead atoms. The zero-order chi connectivity index (χ0) is 20.0. The number of benzene rings is 1. The van der Waals surface area contributed by atoms with Crippen LogP contribution >= 0.6 is 0 Å². The van der Waals surface area contributed by atoms with Crippen LogP contribution in [-0.2, 0) is 16.1 Å². The number of rotatable bonds is 8. The highest BCUT2D eigenvalue weighted by atomic mass is 19.1. The van der Waals surface area contributed by atoms with Crippen LogP contribution in [0, 0.1) is 11.2 Å². The number of nitrogens with zero attached hydrogens (tertiary/aromatic N) is 1. The Morgan fingerprint density at radius 2 is 2.22 bits per heavy atom. The van der Waals surface area contributed by atoms with Crippen LogP contribution in [0.5, 0.6) is 5.75 Å². The maximum Gasteiger partial charge on any atom is 0.237 e. The summed E-state index contributed by atoms with van der Waals surface area (Å²) in [6, 6.07) is 3.93. The van der Waals surface area contributed by atoms with Gasteiger partial charge >= 0.3 is 0 Å². The molecule has 0 aromatic heterocycles. The molecular weight excluding hydrogens is 353 g/mol. The molecule has 2 rings (SSSR count). The Morgan fingerprint density at radius 3 is 2.85 bits per heavy atom. The predicted molar refractivity (Wildman–Crippen MR) is 98.7 cm³/mol. The molecule has 1 aromatic carbocycles. The molecule has 0 aliphatic carbocycles. The molecule has 1 aromatic rings. The van der Waals surface area contributed by atoms with Crippen LogP contribution in [0.2, 0.25) is 0 Å². The van der Waals surface area contributed by atoms with E-state index in [1.54, 1.807) is 17.0 Å². The minimum atomic E-state index is -0.669. The second kappa shape index (κ2) is 9.14. The van der Waals surface area contributed by atoms with Gasteiger partial charge in [0.15, 0.2) is 0 Å². The number of aliphatic hydroxyl groups is 1. The van der Waals surface area contributed by atoms with Crippen molar-refractivity contribution in [2.45, 2.75) is 32.9 Å². The molecule has 150 valence electrons. The molecule has 1 aliphatic heterocycles. The van der Waals surface area contributed by atoms with E-state index in [1.807, 2.05) is 13.8 Å². The fourth-order valence-corrected chi connectivity index (χ4v) is 2.82. The molecule has 8 heteroatoms. The minimum absolute atomic E-state index is 0.0227.